The predicted octanol–water partition coefficient (Wildman–Crippen LogP) is 7.46. The van der Waals surface area contributed by atoms with Crippen molar-refractivity contribution in [3.05, 3.63) is 118 Å². The first-order chi connectivity index (χ1) is 14.3. The van der Waals surface area contributed by atoms with Crippen LogP contribution >= 0.6 is 0 Å². The van der Waals surface area contributed by atoms with Crippen LogP contribution in [0, 0.1) is 6.92 Å². The molecular weight excluding hydrogens is 362 g/mol. The maximum Gasteiger partial charge on any atom is 0.0361 e. The number of benzene rings is 2. The van der Waals surface area contributed by atoms with E-state index in [1.807, 2.05) is 7.05 Å². The van der Waals surface area contributed by atoms with Gasteiger partial charge in [0.05, 0.1) is 0 Å². The first kappa shape index (κ1) is 23.5. The number of nitrogens with one attached hydrogen (secondary N) is 1. The van der Waals surface area contributed by atoms with Crippen LogP contribution in [0.3, 0.4) is 0 Å². The van der Waals surface area contributed by atoms with Gasteiger partial charge in [0.25, 0.3) is 0 Å². The molecule has 158 valence electrons. The van der Waals surface area contributed by atoms with Crippen molar-refractivity contribution in [2.24, 2.45) is 0 Å². The Labute approximate surface area is 183 Å². The van der Waals surface area contributed by atoms with Gasteiger partial charge in [0, 0.05) is 19.2 Å². The Hall–Kier alpha value is -2.80. The molecule has 0 aliphatic heterocycles. The molecule has 0 aliphatic carbocycles. The number of hydrogen-bond acceptors (Lipinski definition) is 1. The molecular formula is C29H37N. The zero-order chi connectivity index (χ0) is 22.3. The van der Waals surface area contributed by atoms with Crippen molar-refractivity contribution in [3.63, 3.8) is 0 Å². The molecule has 0 heterocycles. The summed E-state index contributed by atoms with van der Waals surface area (Å²) in [6.45, 7) is 19.3. The van der Waals surface area contributed by atoms with E-state index in [2.05, 4.69) is 108 Å². The van der Waals surface area contributed by atoms with Gasteiger partial charge >= 0.3 is 0 Å². The summed E-state index contributed by atoms with van der Waals surface area (Å²) in [6.07, 6.45) is 4.13. The number of rotatable bonds is 9. The lowest BCUT2D eigenvalue weighted by Gasteiger charge is -2.28. The number of allylic oxidation sites excluding steroid dienone is 5. The van der Waals surface area contributed by atoms with Crippen molar-refractivity contribution in [1.82, 2.24) is 5.32 Å². The number of hydrogen-bond donors (Lipinski definition) is 1. The average molecular weight is 400 g/mol. The summed E-state index contributed by atoms with van der Waals surface area (Å²) in [4.78, 5) is 0. The van der Waals surface area contributed by atoms with Gasteiger partial charge in [0.15, 0.2) is 0 Å². The maximum absolute atomic E-state index is 4.32. The lowest BCUT2D eigenvalue weighted by Crippen LogP contribution is -2.14. The van der Waals surface area contributed by atoms with E-state index in [1.54, 1.807) is 0 Å². The first-order valence-electron chi connectivity index (χ1n) is 10.8. The van der Waals surface area contributed by atoms with Crippen LogP contribution in [-0.2, 0) is 12.8 Å². The highest BCUT2D eigenvalue weighted by molar-refractivity contribution is 5.54. The highest BCUT2D eigenvalue weighted by Crippen LogP contribution is 2.41. The van der Waals surface area contributed by atoms with Gasteiger partial charge in [0.1, 0.15) is 0 Å². The van der Waals surface area contributed by atoms with Crippen molar-refractivity contribution in [1.29, 1.82) is 0 Å². The molecule has 2 rings (SSSR count). The third-order valence-electron chi connectivity index (χ3n) is 5.56. The van der Waals surface area contributed by atoms with E-state index in [-0.39, 0.29) is 5.92 Å². The highest BCUT2D eigenvalue weighted by Gasteiger charge is 2.25. The first-order valence-corrected chi connectivity index (χ1v) is 10.8. The normalized spacial score (nSPS) is 12.3. The van der Waals surface area contributed by atoms with Crippen LogP contribution in [0.2, 0.25) is 0 Å². The molecule has 1 N–H and O–H groups in total. The Bertz CT molecular complexity index is 950. The summed E-state index contributed by atoms with van der Waals surface area (Å²) < 4.78 is 0. The van der Waals surface area contributed by atoms with E-state index >= 15 is 0 Å². The van der Waals surface area contributed by atoms with Crippen LogP contribution in [0.25, 0.3) is 0 Å². The molecule has 2 aromatic rings. The van der Waals surface area contributed by atoms with Crippen molar-refractivity contribution in [3.8, 4) is 0 Å². The molecule has 0 spiro atoms. The van der Waals surface area contributed by atoms with Crippen molar-refractivity contribution >= 4 is 0 Å². The van der Waals surface area contributed by atoms with Gasteiger partial charge < -0.3 is 5.32 Å². The SMILES string of the molecule is C=C(C)C(=C(C)C)C(/C(=C/NC)C(=C)C)c1ccccc1CCc1ccc(C)cc1. The molecule has 0 bridgehead atoms. The van der Waals surface area contributed by atoms with Crippen LogP contribution in [0.15, 0.2) is 95.8 Å². The fourth-order valence-corrected chi connectivity index (χ4v) is 4.13. The topological polar surface area (TPSA) is 12.0 Å². The van der Waals surface area contributed by atoms with E-state index < -0.39 is 0 Å². The minimum atomic E-state index is 0.117. The molecule has 0 aromatic heterocycles. The fraction of sp³-hybridized carbons (Fsp3) is 0.310. The second kappa shape index (κ2) is 10.8. The zero-order valence-corrected chi connectivity index (χ0v) is 19.6. The van der Waals surface area contributed by atoms with Crippen LogP contribution in [0.1, 0.15) is 55.9 Å². The third kappa shape index (κ3) is 5.86. The van der Waals surface area contributed by atoms with Gasteiger partial charge in [-0.1, -0.05) is 84.0 Å². The van der Waals surface area contributed by atoms with E-state index in [9.17, 15) is 0 Å². The van der Waals surface area contributed by atoms with Crippen LogP contribution in [-0.4, -0.2) is 7.05 Å². The van der Waals surface area contributed by atoms with Gasteiger partial charge in [0.2, 0.25) is 0 Å². The van der Waals surface area contributed by atoms with E-state index in [1.165, 1.54) is 39.0 Å². The Balaban J connectivity index is 2.57. The van der Waals surface area contributed by atoms with Crippen molar-refractivity contribution < 1.29 is 0 Å². The molecule has 0 radical (unpaired) electrons. The highest BCUT2D eigenvalue weighted by atomic mass is 14.8. The van der Waals surface area contributed by atoms with Crippen LogP contribution in [0.4, 0.5) is 0 Å². The van der Waals surface area contributed by atoms with Gasteiger partial charge in [-0.25, -0.2) is 0 Å². The minimum absolute atomic E-state index is 0.117. The van der Waals surface area contributed by atoms with E-state index in [0.29, 0.717) is 0 Å². The lowest BCUT2D eigenvalue weighted by atomic mass is 9.76. The molecule has 0 aliphatic rings. The standard InChI is InChI=1S/C29H37N/c1-20(2)27(19-30-8)29(28(21(3)4)22(5)6)26-12-10-9-11-25(26)18-17-24-15-13-23(7)14-16-24/h9-16,19,29-30H,1,3,17-18H2,2,4-8H3/b27-19+. The molecule has 2 aromatic carbocycles. The molecule has 1 heteroatoms. The second-order valence-electron chi connectivity index (χ2n) is 8.48. The third-order valence-corrected chi connectivity index (χ3v) is 5.56. The Kier molecular flexibility index (Phi) is 8.47. The summed E-state index contributed by atoms with van der Waals surface area (Å²) in [5.74, 6) is 0.117. The summed E-state index contributed by atoms with van der Waals surface area (Å²) in [6, 6.07) is 17.7. The summed E-state index contributed by atoms with van der Waals surface area (Å²) in [5.41, 5.74) is 11.4. The molecule has 0 amide bonds. The van der Waals surface area contributed by atoms with Gasteiger partial charge in [-0.05, 0) is 75.3 Å². The molecule has 0 saturated heterocycles. The van der Waals surface area contributed by atoms with Crippen molar-refractivity contribution in [2.45, 2.75) is 53.4 Å². The van der Waals surface area contributed by atoms with E-state index in [0.717, 1.165) is 24.0 Å². The monoisotopic (exact) mass is 399 g/mol. The molecule has 1 atom stereocenters. The predicted molar refractivity (Wildman–Crippen MR) is 133 cm³/mol. The number of aryl methyl sites for hydroxylation is 3. The summed E-state index contributed by atoms with van der Waals surface area (Å²) in [5, 5.41) is 3.24. The molecule has 1 unspecified atom stereocenters. The van der Waals surface area contributed by atoms with E-state index in [4.69, 9.17) is 0 Å². The second-order valence-corrected chi connectivity index (χ2v) is 8.48. The lowest BCUT2D eigenvalue weighted by molar-refractivity contribution is 0.856. The van der Waals surface area contributed by atoms with Crippen molar-refractivity contribution in [2.75, 3.05) is 7.05 Å². The summed E-state index contributed by atoms with van der Waals surface area (Å²) in [7, 11) is 1.95. The molecule has 0 fully saturated rings. The fourth-order valence-electron chi connectivity index (χ4n) is 4.13. The quantitative estimate of drug-likeness (QED) is 0.432. The Morgan fingerprint density at radius 2 is 1.53 bits per heavy atom. The van der Waals surface area contributed by atoms with Gasteiger partial charge in [-0.2, -0.15) is 0 Å². The van der Waals surface area contributed by atoms with Gasteiger partial charge in [-0.3, -0.25) is 0 Å². The zero-order valence-electron chi connectivity index (χ0n) is 19.6. The van der Waals surface area contributed by atoms with Crippen LogP contribution in [0.5, 0.6) is 0 Å². The average Bonchev–Trinajstić information content (AvgIpc) is 2.69. The molecule has 1 nitrogen and oxygen atoms in total. The Morgan fingerprint density at radius 3 is 2.07 bits per heavy atom. The summed E-state index contributed by atoms with van der Waals surface area (Å²) >= 11 is 0. The molecule has 30 heavy (non-hydrogen) atoms. The minimum Gasteiger partial charge on any atom is -0.394 e. The molecule has 0 saturated carbocycles. The maximum atomic E-state index is 4.32. The van der Waals surface area contributed by atoms with Gasteiger partial charge in [-0.15, -0.1) is 0 Å². The largest absolute Gasteiger partial charge is 0.394 e. The smallest absolute Gasteiger partial charge is 0.0361 e. The Morgan fingerprint density at radius 1 is 0.900 bits per heavy atom. The van der Waals surface area contributed by atoms with Crippen LogP contribution < -0.4 is 5.32 Å².